The minimum Gasteiger partial charge on any atom is -0.491 e. The Labute approximate surface area is 374 Å². The normalized spacial score (nSPS) is 12.7. The molecule has 6 heteroatoms. The SMILES string of the molecule is OCCOc1ccc(C2(c3ccc(OCCO)c(-c4ccccc4)c3)c3c(cccc3-c3csc4ccccc34)-c3cccc(-c4csc5ccccc45)c32)cc1-c1ccccc1. The zero-order valence-electron chi connectivity index (χ0n) is 34.3. The fourth-order valence-corrected chi connectivity index (χ4v) is 11.7. The predicted molar refractivity (Wildman–Crippen MR) is 261 cm³/mol. The van der Waals surface area contributed by atoms with Crippen molar-refractivity contribution in [1.82, 2.24) is 0 Å². The van der Waals surface area contributed by atoms with Crippen molar-refractivity contribution in [2.24, 2.45) is 0 Å². The van der Waals surface area contributed by atoms with E-state index in [4.69, 9.17) is 9.47 Å². The number of aliphatic hydroxyl groups excluding tert-OH is 2. The number of benzene rings is 8. The van der Waals surface area contributed by atoms with Crippen molar-refractivity contribution in [2.75, 3.05) is 26.4 Å². The highest BCUT2D eigenvalue weighted by molar-refractivity contribution is 7.18. The molecule has 0 unspecified atom stereocenters. The van der Waals surface area contributed by atoms with Crippen LogP contribution in [0.4, 0.5) is 0 Å². The second-order valence-electron chi connectivity index (χ2n) is 15.8. The Morgan fingerprint density at radius 1 is 0.381 bits per heavy atom. The molecular formula is C57H42O4S2. The second kappa shape index (κ2) is 16.5. The van der Waals surface area contributed by atoms with Gasteiger partial charge in [0.25, 0.3) is 0 Å². The lowest BCUT2D eigenvalue weighted by Crippen LogP contribution is -2.30. The van der Waals surface area contributed by atoms with E-state index in [0.29, 0.717) is 11.5 Å². The van der Waals surface area contributed by atoms with E-state index in [-0.39, 0.29) is 26.4 Å². The second-order valence-corrected chi connectivity index (χ2v) is 17.6. The van der Waals surface area contributed by atoms with Gasteiger partial charge < -0.3 is 19.7 Å². The zero-order valence-corrected chi connectivity index (χ0v) is 36.0. The van der Waals surface area contributed by atoms with E-state index in [2.05, 4.69) is 181 Å². The Kier molecular flexibility index (Phi) is 10.2. The van der Waals surface area contributed by atoms with Crippen molar-refractivity contribution in [3.63, 3.8) is 0 Å². The van der Waals surface area contributed by atoms with Gasteiger partial charge in [0, 0.05) is 42.4 Å². The Balaban J connectivity index is 1.33. The predicted octanol–water partition coefficient (Wildman–Crippen LogP) is 13.9. The van der Waals surface area contributed by atoms with Crippen molar-refractivity contribution in [2.45, 2.75) is 5.41 Å². The first-order valence-corrected chi connectivity index (χ1v) is 23.0. The topological polar surface area (TPSA) is 58.9 Å². The largest absolute Gasteiger partial charge is 0.491 e. The summed E-state index contributed by atoms with van der Waals surface area (Å²) in [4.78, 5) is 0. The average Bonchev–Trinajstić information content (AvgIpc) is 4.07. The Morgan fingerprint density at radius 2 is 0.778 bits per heavy atom. The number of ether oxygens (including phenoxy) is 2. The summed E-state index contributed by atoms with van der Waals surface area (Å²) in [6.07, 6.45) is 0. The van der Waals surface area contributed by atoms with Gasteiger partial charge in [0.05, 0.1) is 18.6 Å². The van der Waals surface area contributed by atoms with Gasteiger partial charge >= 0.3 is 0 Å². The molecule has 0 spiro atoms. The molecule has 2 aromatic heterocycles. The molecular weight excluding hydrogens is 813 g/mol. The molecule has 1 aliphatic rings. The van der Waals surface area contributed by atoms with Gasteiger partial charge in [-0.05, 0) is 103 Å². The molecule has 2 heterocycles. The van der Waals surface area contributed by atoms with E-state index < -0.39 is 5.41 Å². The van der Waals surface area contributed by atoms with Crippen molar-refractivity contribution >= 4 is 42.8 Å². The van der Waals surface area contributed by atoms with E-state index in [1.165, 1.54) is 64.7 Å². The monoisotopic (exact) mass is 854 g/mol. The number of rotatable bonds is 12. The van der Waals surface area contributed by atoms with Crippen LogP contribution in [0.1, 0.15) is 22.3 Å². The van der Waals surface area contributed by atoms with Gasteiger partial charge in [-0.3, -0.25) is 0 Å². The van der Waals surface area contributed by atoms with Crippen LogP contribution in [-0.2, 0) is 5.41 Å². The molecule has 63 heavy (non-hydrogen) atoms. The van der Waals surface area contributed by atoms with E-state index in [1.807, 2.05) is 12.1 Å². The Hall–Kier alpha value is -6.80. The Bertz CT molecular complexity index is 3050. The number of hydrogen-bond acceptors (Lipinski definition) is 6. The van der Waals surface area contributed by atoms with E-state index >= 15 is 0 Å². The molecule has 4 nitrogen and oxygen atoms in total. The summed E-state index contributed by atoms with van der Waals surface area (Å²) >= 11 is 3.56. The van der Waals surface area contributed by atoms with Crippen LogP contribution in [0, 0.1) is 0 Å². The minimum atomic E-state index is -0.901. The van der Waals surface area contributed by atoms with Crippen LogP contribution in [0.25, 0.3) is 75.8 Å². The molecule has 0 radical (unpaired) electrons. The first kappa shape index (κ1) is 39.1. The third-order valence-corrected chi connectivity index (χ3v) is 14.3. The van der Waals surface area contributed by atoms with Crippen molar-refractivity contribution in [3.8, 4) is 67.1 Å². The van der Waals surface area contributed by atoms with Crippen molar-refractivity contribution in [3.05, 3.63) is 215 Å². The fourth-order valence-electron chi connectivity index (χ4n) is 9.83. The molecule has 10 aromatic rings. The van der Waals surface area contributed by atoms with Gasteiger partial charge in [-0.25, -0.2) is 0 Å². The molecule has 11 rings (SSSR count). The quantitative estimate of drug-likeness (QED) is 0.129. The van der Waals surface area contributed by atoms with Crippen LogP contribution in [0.3, 0.4) is 0 Å². The van der Waals surface area contributed by atoms with Gasteiger partial charge in [0.15, 0.2) is 0 Å². The van der Waals surface area contributed by atoms with Crippen LogP contribution in [0.15, 0.2) is 193 Å². The summed E-state index contributed by atoms with van der Waals surface area (Å²) in [6.45, 7) is 0.167. The maximum absolute atomic E-state index is 9.97. The molecule has 0 fully saturated rings. The highest BCUT2D eigenvalue weighted by atomic mass is 32.1. The van der Waals surface area contributed by atoms with Crippen LogP contribution < -0.4 is 9.47 Å². The number of fused-ring (bicyclic) bond motifs is 5. The number of aliphatic hydroxyl groups is 2. The van der Waals surface area contributed by atoms with Gasteiger partial charge in [-0.15, -0.1) is 22.7 Å². The summed E-state index contributed by atoms with van der Waals surface area (Å²) in [5, 5.41) is 27.0. The molecule has 306 valence electrons. The standard InChI is InChI=1S/C57H42O4S2/c58-29-31-60-51-27-25-39(33-47(51)37-13-3-1-4-14-37)57(40-26-28-52(61-32-30-59)48(34-40)38-15-5-2-6-16-38)55-43(19-11-21-45(55)49-35-62-53-23-9-7-17-41(49)53)44-20-12-22-46(56(44)57)50-36-63-54-24-10-8-18-42(50)54/h1-28,33-36,58-59H,29-32H2. The molecule has 0 bridgehead atoms. The fraction of sp³-hybridized carbons (Fsp3) is 0.0877. The highest BCUT2D eigenvalue weighted by Gasteiger charge is 2.50. The molecule has 1 aliphatic carbocycles. The summed E-state index contributed by atoms with van der Waals surface area (Å²) in [5.74, 6) is 1.42. The first-order valence-electron chi connectivity index (χ1n) is 21.3. The van der Waals surface area contributed by atoms with Gasteiger partial charge in [0.2, 0.25) is 0 Å². The number of thiophene rings is 2. The summed E-state index contributed by atoms with van der Waals surface area (Å²) in [5.41, 5.74) is 14.7. The lowest BCUT2D eigenvalue weighted by atomic mass is 9.64. The van der Waals surface area contributed by atoms with Crippen LogP contribution in [0.5, 0.6) is 11.5 Å². The lowest BCUT2D eigenvalue weighted by Gasteiger charge is -2.37. The maximum Gasteiger partial charge on any atom is 0.127 e. The van der Waals surface area contributed by atoms with Crippen LogP contribution >= 0.6 is 22.7 Å². The van der Waals surface area contributed by atoms with Gasteiger partial charge in [-0.2, -0.15) is 0 Å². The molecule has 0 atom stereocenters. The third kappa shape index (κ3) is 6.49. The molecule has 0 saturated carbocycles. The molecule has 8 aromatic carbocycles. The molecule has 0 saturated heterocycles. The lowest BCUT2D eigenvalue weighted by molar-refractivity contribution is 0.202. The third-order valence-electron chi connectivity index (χ3n) is 12.4. The zero-order chi connectivity index (χ0) is 42.3. The maximum atomic E-state index is 9.97. The van der Waals surface area contributed by atoms with Crippen LogP contribution in [-0.4, -0.2) is 36.6 Å². The summed E-state index contributed by atoms with van der Waals surface area (Å²) in [7, 11) is 0. The molecule has 0 aliphatic heterocycles. The van der Waals surface area contributed by atoms with E-state index in [9.17, 15) is 10.2 Å². The van der Waals surface area contributed by atoms with Crippen molar-refractivity contribution < 1.29 is 19.7 Å². The van der Waals surface area contributed by atoms with Gasteiger partial charge in [-0.1, -0.05) is 146 Å². The number of hydrogen-bond donors (Lipinski definition) is 2. The molecule has 2 N–H and O–H groups in total. The summed E-state index contributed by atoms with van der Waals surface area (Å²) in [6, 6.07) is 65.2. The van der Waals surface area contributed by atoms with Gasteiger partial charge in [0.1, 0.15) is 24.7 Å². The van der Waals surface area contributed by atoms with E-state index in [0.717, 1.165) is 33.4 Å². The molecule has 0 amide bonds. The highest BCUT2D eigenvalue weighted by Crippen LogP contribution is 2.63. The first-order chi connectivity index (χ1) is 31.2. The average molecular weight is 855 g/mol. The smallest absolute Gasteiger partial charge is 0.127 e. The summed E-state index contributed by atoms with van der Waals surface area (Å²) < 4.78 is 15.2. The van der Waals surface area contributed by atoms with E-state index in [1.54, 1.807) is 22.7 Å². The Morgan fingerprint density at radius 3 is 1.21 bits per heavy atom. The minimum absolute atomic E-state index is 0.0937. The van der Waals surface area contributed by atoms with Crippen molar-refractivity contribution in [1.29, 1.82) is 0 Å². The van der Waals surface area contributed by atoms with Crippen LogP contribution in [0.2, 0.25) is 0 Å².